The van der Waals surface area contributed by atoms with Gasteiger partial charge in [-0.05, 0) is 35.9 Å². The number of carbonyl (C=O) groups excluding carboxylic acids is 2. The Morgan fingerprint density at radius 3 is 2.89 bits per heavy atom. The van der Waals surface area contributed by atoms with Crippen LogP contribution in [-0.2, 0) is 11.2 Å². The molecule has 0 saturated heterocycles. The highest BCUT2D eigenvalue weighted by molar-refractivity contribution is 6.31. The van der Waals surface area contributed by atoms with E-state index in [4.69, 9.17) is 11.6 Å². The summed E-state index contributed by atoms with van der Waals surface area (Å²) in [7, 11) is 0. The van der Waals surface area contributed by atoms with E-state index in [1.165, 1.54) is 4.90 Å². The standard InChI is InChI=1S/C20H18ClN3O3/c21-14-5-6-15-13(9-14)11-16(22-15)19(26)23-17-10-12-3-1-2-4-18(12)24(7-8-25)20(17)27/h1-6,9,11,17,22,25H,7-8,10H2,(H,23,26)/t17-/m0/s1. The monoisotopic (exact) mass is 383 g/mol. The normalized spacial score (nSPS) is 16.4. The number of nitrogens with zero attached hydrogens (tertiary/aromatic N) is 1. The van der Waals surface area contributed by atoms with Crippen LogP contribution in [0.1, 0.15) is 16.1 Å². The maximum Gasteiger partial charge on any atom is 0.268 e. The molecule has 0 unspecified atom stereocenters. The molecule has 3 N–H and O–H groups in total. The van der Waals surface area contributed by atoms with Crippen molar-refractivity contribution in [2.75, 3.05) is 18.1 Å². The number of aromatic nitrogens is 1. The molecule has 1 aliphatic heterocycles. The SMILES string of the molecule is O=C(N[C@H]1Cc2ccccc2N(CCO)C1=O)c1cc2cc(Cl)ccc2[nH]1. The lowest BCUT2D eigenvalue weighted by atomic mass is 9.97. The molecular formula is C20H18ClN3O3. The Bertz CT molecular complexity index is 1030. The van der Waals surface area contributed by atoms with Crippen LogP contribution in [0.15, 0.2) is 48.5 Å². The molecule has 4 rings (SSSR count). The molecular weight excluding hydrogens is 366 g/mol. The maximum atomic E-state index is 12.8. The summed E-state index contributed by atoms with van der Waals surface area (Å²) in [6, 6.07) is 13.9. The van der Waals surface area contributed by atoms with Crippen LogP contribution in [0.5, 0.6) is 0 Å². The van der Waals surface area contributed by atoms with Gasteiger partial charge in [0.2, 0.25) is 5.91 Å². The Kier molecular flexibility index (Phi) is 4.59. The molecule has 6 nitrogen and oxygen atoms in total. The first-order chi connectivity index (χ1) is 13.1. The summed E-state index contributed by atoms with van der Waals surface area (Å²) in [5.74, 6) is -0.584. The molecule has 3 aromatic rings. The molecule has 0 saturated carbocycles. The number of aromatic amines is 1. The van der Waals surface area contributed by atoms with Gasteiger partial charge in [-0.2, -0.15) is 0 Å². The van der Waals surface area contributed by atoms with Gasteiger partial charge < -0.3 is 20.3 Å². The number of carbonyl (C=O) groups is 2. The van der Waals surface area contributed by atoms with Crippen molar-refractivity contribution in [3.63, 3.8) is 0 Å². The average molecular weight is 384 g/mol. The predicted molar refractivity (Wildman–Crippen MR) is 104 cm³/mol. The van der Waals surface area contributed by atoms with Crippen LogP contribution in [0.4, 0.5) is 5.69 Å². The lowest BCUT2D eigenvalue weighted by molar-refractivity contribution is -0.120. The van der Waals surface area contributed by atoms with Crippen molar-refractivity contribution in [1.82, 2.24) is 10.3 Å². The zero-order chi connectivity index (χ0) is 19.0. The van der Waals surface area contributed by atoms with Crippen LogP contribution in [0.25, 0.3) is 10.9 Å². The highest BCUT2D eigenvalue weighted by Crippen LogP contribution is 2.28. The van der Waals surface area contributed by atoms with Crippen LogP contribution in [0.3, 0.4) is 0 Å². The Balaban J connectivity index is 1.59. The molecule has 1 aliphatic rings. The summed E-state index contributed by atoms with van der Waals surface area (Å²) in [5.41, 5.74) is 2.90. The number of fused-ring (bicyclic) bond motifs is 2. The summed E-state index contributed by atoms with van der Waals surface area (Å²) in [6.45, 7) is 0.0383. The molecule has 0 aliphatic carbocycles. The van der Waals surface area contributed by atoms with E-state index in [0.717, 1.165) is 22.2 Å². The van der Waals surface area contributed by atoms with Crippen molar-refractivity contribution in [3.8, 4) is 0 Å². The van der Waals surface area contributed by atoms with Gasteiger partial charge in [-0.25, -0.2) is 0 Å². The Labute approximate surface area is 160 Å². The van der Waals surface area contributed by atoms with Gasteiger partial charge in [-0.15, -0.1) is 0 Å². The molecule has 0 fully saturated rings. The first kappa shape index (κ1) is 17.6. The Morgan fingerprint density at radius 2 is 2.07 bits per heavy atom. The average Bonchev–Trinajstić information content (AvgIpc) is 3.08. The van der Waals surface area contributed by atoms with Crippen LogP contribution >= 0.6 is 11.6 Å². The van der Waals surface area contributed by atoms with Gasteiger partial charge in [0.05, 0.1) is 6.61 Å². The fourth-order valence-corrected chi connectivity index (χ4v) is 3.65. The summed E-state index contributed by atoms with van der Waals surface area (Å²) in [6.07, 6.45) is 0.411. The number of anilines is 1. The summed E-state index contributed by atoms with van der Waals surface area (Å²) >= 11 is 5.99. The fourth-order valence-electron chi connectivity index (χ4n) is 3.47. The molecule has 0 bridgehead atoms. The molecule has 1 atom stereocenters. The van der Waals surface area contributed by atoms with E-state index < -0.39 is 6.04 Å². The number of rotatable bonds is 4. The van der Waals surface area contributed by atoms with Gasteiger partial charge in [0.25, 0.3) is 5.91 Å². The molecule has 27 heavy (non-hydrogen) atoms. The van der Waals surface area contributed by atoms with Gasteiger partial charge >= 0.3 is 0 Å². The van der Waals surface area contributed by atoms with E-state index in [0.29, 0.717) is 17.1 Å². The number of nitrogens with one attached hydrogen (secondary N) is 2. The lowest BCUT2D eigenvalue weighted by Crippen LogP contribution is -2.53. The summed E-state index contributed by atoms with van der Waals surface area (Å²) < 4.78 is 0. The second-order valence-corrected chi connectivity index (χ2v) is 6.92. The molecule has 0 spiro atoms. The number of halogens is 1. The third-order valence-electron chi connectivity index (χ3n) is 4.73. The predicted octanol–water partition coefficient (Wildman–Crippen LogP) is 2.50. The summed E-state index contributed by atoms with van der Waals surface area (Å²) in [4.78, 5) is 30.1. The minimum atomic E-state index is -0.686. The number of hydrogen-bond acceptors (Lipinski definition) is 3. The second-order valence-electron chi connectivity index (χ2n) is 6.49. The number of benzene rings is 2. The molecule has 7 heteroatoms. The number of β-amino-alcohol motifs (C(OH)–C–C–N with tert-alkyl or cyclic N) is 1. The van der Waals surface area contributed by atoms with E-state index in [-0.39, 0.29) is 25.0 Å². The number of aliphatic hydroxyl groups is 1. The van der Waals surface area contributed by atoms with Crippen molar-refractivity contribution in [1.29, 1.82) is 0 Å². The lowest BCUT2D eigenvalue weighted by Gasteiger charge is -2.34. The van der Waals surface area contributed by atoms with Crippen LogP contribution < -0.4 is 10.2 Å². The molecule has 1 aromatic heterocycles. The number of aliphatic hydroxyl groups excluding tert-OH is 1. The highest BCUT2D eigenvalue weighted by Gasteiger charge is 2.33. The number of para-hydroxylation sites is 1. The zero-order valence-electron chi connectivity index (χ0n) is 14.4. The number of H-pyrrole nitrogens is 1. The molecule has 2 aromatic carbocycles. The van der Waals surface area contributed by atoms with E-state index in [9.17, 15) is 14.7 Å². The second kappa shape index (κ2) is 7.06. The van der Waals surface area contributed by atoms with Gasteiger partial charge in [0.1, 0.15) is 11.7 Å². The van der Waals surface area contributed by atoms with E-state index in [2.05, 4.69) is 10.3 Å². The van der Waals surface area contributed by atoms with E-state index >= 15 is 0 Å². The van der Waals surface area contributed by atoms with Crippen molar-refractivity contribution in [3.05, 3.63) is 64.8 Å². The molecule has 2 amide bonds. The van der Waals surface area contributed by atoms with Crippen molar-refractivity contribution < 1.29 is 14.7 Å². The van der Waals surface area contributed by atoms with Gasteiger partial charge in [-0.3, -0.25) is 9.59 Å². The van der Waals surface area contributed by atoms with E-state index in [1.54, 1.807) is 24.3 Å². The van der Waals surface area contributed by atoms with Crippen molar-refractivity contribution in [2.45, 2.75) is 12.5 Å². The molecule has 138 valence electrons. The maximum absolute atomic E-state index is 12.8. The third kappa shape index (κ3) is 3.29. The zero-order valence-corrected chi connectivity index (χ0v) is 15.2. The topological polar surface area (TPSA) is 85.4 Å². The van der Waals surface area contributed by atoms with Crippen LogP contribution in [-0.4, -0.2) is 41.1 Å². The molecule has 0 radical (unpaired) electrons. The highest BCUT2D eigenvalue weighted by atomic mass is 35.5. The third-order valence-corrected chi connectivity index (χ3v) is 4.96. The number of amides is 2. The van der Waals surface area contributed by atoms with E-state index in [1.807, 2.05) is 24.3 Å². The first-order valence-corrected chi connectivity index (χ1v) is 9.04. The first-order valence-electron chi connectivity index (χ1n) is 8.66. The minimum Gasteiger partial charge on any atom is -0.395 e. The van der Waals surface area contributed by atoms with Gasteiger partial charge in [0.15, 0.2) is 0 Å². The summed E-state index contributed by atoms with van der Waals surface area (Å²) in [5, 5.41) is 13.5. The quantitative estimate of drug-likeness (QED) is 0.647. The van der Waals surface area contributed by atoms with Gasteiger partial charge in [0, 0.05) is 34.6 Å². The fraction of sp³-hybridized carbons (Fsp3) is 0.200. The van der Waals surface area contributed by atoms with Crippen molar-refractivity contribution >= 4 is 40.0 Å². The van der Waals surface area contributed by atoms with Gasteiger partial charge in [-0.1, -0.05) is 29.8 Å². The van der Waals surface area contributed by atoms with Crippen LogP contribution in [0.2, 0.25) is 5.02 Å². The Hall–Kier alpha value is -2.83. The minimum absolute atomic E-state index is 0.149. The Morgan fingerprint density at radius 1 is 1.26 bits per heavy atom. The molecule has 2 heterocycles. The van der Waals surface area contributed by atoms with Crippen molar-refractivity contribution in [2.24, 2.45) is 0 Å². The largest absolute Gasteiger partial charge is 0.395 e. The van der Waals surface area contributed by atoms with Crippen LogP contribution in [0, 0.1) is 0 Å². The number of hydrogen-bond donors (Lipinski definition) is 3. The smallest absolute Gasteiger partial charge is 0.268 e.